The van der Waals surface area contributed by atoms with Gasteiger partial charge in [0.05, 0.1) is 0 Å². The number of aryl methyl sites for hydroxylation is 2. The average molecular weight is 327 g/mol. The minimum absolute atomic E-state index is 0.0175. The van der Waals surface area contributed by atoms with Gasteiger partial charge in [0.15, 0.2) is 18.1 Å². The van der Waals surface area contributed by atoms with E-state index in [1.807, 2.05) is 50.2 Å². The fourth-order valence-corrected chi connectivity index (χ4v) is 2.45. The van der Waals surface area contributed by atoms with E-state index in [9.17, 15) is 4.79 Å². The van der Waals surface area contributed by atoms with Crippen LogP contribution in [0.15, 0.2) is 36.4 Å². The van der Waals surface area contributed by atoms with Gasteiger partial charge < -0.3 is 19.5 Å². The molecule has 0 radical (unpaired) electrons. The molecule has 0 saturated heterocycles. The highest BCUT2D eigenvalue weighted by Crippen LogP contribution is 2.32. The van der Waals surface area contributed by atoms with Gasteiger partial charge in [0.1, 0.15) is 5.75 Å². The van der Waals surface area contributed by atoms with Crippen LogP contribution in [0.5, 0.6) is 17.2 Å². The van der Waals surface area contributed by atoms with Crippen LogP contribution < -0.4 is 19.5 Å². The summed E-state index contributed by atoms with van der Waals surface area (Å²) in [5, 5.41) is 2.86. The van der Waals surface area contributed by atoms with Crippen molar-refractivity contribution in [2.24, 2.45) is 0 Å². The zero-order valence-corrected chi connectivity index (χ0v) is 13.9. The lowest BCUT2D eigenvalue weighted by molar-refractivity contribution is -0.123. The van der Waals surface area contributed by atoms with Crippen LogP contribution >= 0.6 is 0 Å². The first-order chi connectivity index (χ1) is 11.6. The van der Waals surface area contributed by atoms with Crippen LogP contribution in [0.3, 0.4) is 0 Å². The van der Waals surface area contributed by atoms with E-state index in [0.717, 1.165) is 29.0 Å². The largest absolute Gasteiger partial charge is 0.484 e. The molecule has 0 fully saturated rings. The maximum absolute atomic E-state index is 11.9. The molecule has 1 aliphatic heterocycles. The van der Waals surface area contributed by atoms with Gasteiger partial charge in [0, 0.05) is 6.54 Å². The Morgan fingerprint density at radius 1 is 1.08 bits per heavy atom. The quantitative estimate of drug-likeness (QED) is 0.886. The zero-order chi connectivity index (χ0) is 16.9. The number of rotatable bonds is 6. The molecule has 0 saturated carbocycles. The van der Waals surface area contributed by atoms with Gasteiger partial charge in [-0.1, -0.05) is 12.1 Å². The van der Waals surface area contributed by atoms with E-state index < -0.39 is 0 Å². The van der Waals surface area contributed by atoms with Crippen LogP contribution in [0.4, 0.5) is 0 Å². The van der Waals surface area contributed by atoms with E-state index >= 15 is 0 Å². The van der Waals surface area contributed by atoms with E-state index in [4.69, 9.17) is 14.2 Å². The average Bonchev–Trinajstić information content (AvgIpc) is 3.04. The first-order valence-corrected chi connectivity index (χ1v) is 7.97. The van der Waals surface area contributed by atoms with Crippen molar-refractivity contribution in [3.63, 3.8) is 0 Å². The van der Waals surface area contributed by atoms with Crippen molar-refractivity contribution in [2.75, 3.05) is 19.9 Å². The molecule has 5 nitrogen and oxygen atoms in total. The van der Waals surface area contributed by atoms with E-state index in [0.29, 0.717) is 12.3 Å². The molecule has 1 heterocycles. The van der Waals surface area contributed by atoms with Crippen molar-refractivity contribution in [2.45, 2.75) is 20.3 Å². The molecule has 0 atom stereocenters. The number of hydrogen-bond acceptors (Lipinski definition) is 4. The van der Waals surface area contributed by atoms with E-state index in [-0.39, 0.29) is 19.3 Å². The van der Waals surface area contributed by atoms with Gasteiger partial charge in [0.25, 0.3) is 5.91 Å². The number of hydrogen-bond donors (Lipinski definition) is 1. The summed E-state index contributed by atoms with van der Waals surface area (Å²) >= 11 is 0. The number of amides is 1. The maximum atomic E-state index is 11.9. The van der Waals surface area contributed by atoms with Crippen LogP contribution in [0.25, 0.3) is 0 Å². The van der Waals surface area contributed by atoms with Crippen LogP contribution in [0.1, 0.15) is 16.7 Å². The fraction of sp³-hybridized carbons (Fsp3) is 0.316. The maximum Gasteiger partial charge on any atom is 0.257 e. The Morgan fingerprint density at radius 3 is 2.75 bits per heavy atom. The predicted molar refractivity (Wildman–Crippen MR) is 90.7 cm³/mol. The van der Waals surface area contributed by atoms with E-state index in [1.165, 1.54) is 5.56 Å². The molecule has 126 valence electrons. The Balaban J connectivity index is 1.41. The summed E-state index contributed by atoms with van der Waals surface area (Å²) in [4.78, 5) is 11.9. The summed E-state index contributed by atoms with van der Waals surface area (Å²) in [6, 6.07) is 11.6. The number of ether oxygens (including phenoxy) is 3. The molecule has 1 amide bonds. The molecule has 24 heavy (non-hydrogen) atoms. The summed E-state index contributed by atoms with van der Waals surface area (Å²) in [6.45, 7) is 4.90. The molecule has 0 spiro atoms. The fourth-order valence-electron chi connectivity index (χ4n) is 2.45. The number of benzene rings is 2. The third-order valence-electron chi connectivity index (χ3n) is 4.02. The summed E-state index contributed by atoms with van der Waals surface area (Å²) in [6.07, 6.45) is 0.728. The van der Waals surface area contributed by atoms with Gasteiger partial charge in [-0.3, -0.25) is 4.79 Å². The first-order valence-electron chi connectivity index (χ1n) is 7.97. The van der Waals surface area contributed by atoms with Gasteiger partial charge in [-0.25, -0.2) is 0 Å². The standard InChI is InChI=1S/C19H21NO4/c1-13-3-5-16(9-14(13)2)22-11-19(21)20-8-7-15-4-6-17-18(10-15)24-12-23-17/h3-6,9-10H,7-8,11-12H2,1-2H3,(H,20,21). The summed E-state index contributed by atoms with van der Waals surface area (Å²) in [5.74, 6) is 2.11. The Labute approximate surface area is 141 Å². The monoisotopic (exact) mass is 327 g/mol. The number of carbonyl (C=O) groups is 1. The van der Waals surface area contributed by atoms with Gasteiger partial charge in [0.2, 0.25) is 6.79 Å². The second-order valence-electron chi connectivity index (χ2n) is 5.82. The molecule has 1 N–H and O–H groups in total. The molecule has 5 heteroatoms. The van der Waals surface area contributed by atoms with Crippen molar-refractivity contribution < 1.29 is 19.0 Å². The smallest absolute Gasteiger partial charge is 0.257 e. The molecule has 0 aliphatic carbocycles. The molecular formula is C19H21NO4. The molecule has 0 aromatic heterocycles. The zero-order valence-electron chi connectivity index (χ0n) is 13.9. The topological polar surface area (TPSA) is 56.8 Å². The van der Waals surface area contributed by atoms with Gasteiger partial charge in [-0.2, -0.15) is 0 Å². The Bertz CT molecular complexity index is 742. The molecule has 1 aliphatic rings. The third-order valence-corrected chi connectivity index (χ3v) is 4.02. The summed E-state index contributed by atoms with van der Waals surface area (Å²) < 4.78 is 16.1. The van der Waals surface area contributed by atoms with Crippen molar-refractivity contribution >= 4 is 5.91 Å². The van der Waals surface area contributed by atoms with Crippen LogP contribution in [0, 0.1) is 13.8 Å². The SMILES string of the molecule is Cc1ccc(OCC(=O)NCCc2ccc3c(c2)OCO3)cc1C. The van der Waals surface area contributed by atoms with E-state index in [2.05, 4.69) is 5.32 Å². The lowest BCUT2D eigenvalue weighted by Gasteiger charge is -2.09. The third kappa shape index (κ3) is 3.98. The molecular weight excluding hydrogens is 306 g/mol. The highest BCUT2D eigenvalue weighted by molar-refractivity contribution is 5.77. The van der Waals surface area contributed by atoms with Crippen molar-refractivity contribution in [1.82, 2.24) is 5.32 Å². The van der Waals surface area contributed by atoms with E-state index in [1.54, 1.807) is 0 Å². The number of fused-ring (bicyclic) bond motifs is 1. The molecule has 0 bridgehead atoms. The number of nitrogens with one attached hydrogen (secondary N) is 1. The Morgan fingerprint density at radius 2 is 1.92 bits per heavy atom. The summed E-state index contributed by atoms with van der Waals surface area (Å²) in [7, 11) is 0. The highest BCUT2D eigenvalue weighted by atomic mass is 16.7. The van der Waals surface area contributed by atoms with Crippen LogP contribution in [-0.2, 0) is 11.2 Å². The second kappa shape index (κ2) is 7.25. The van der Waals surface area contributed by atoms with Crippen molar-refractivity contribution in [3.05, 3.63) is 53.1 Å². The van der Waals surface area contributed by atoms with Crippen molar-refractivity contribution in [3.8, 4) is 17.2 Å². The Hall–Kier alpha value is -2.69. The Kier molecular flexibility index (Phi) is 4.89. The molecule has 0 unspecified atom stereocenters. The molecule has 2 aromatic carbocycles. The van der Waals surface area contributed by atoms with Gasteiger partial charge in [-0.05, 0) is 61.2 Å². The van der Waals surface area contributed by atoms with Crippen LogP contribution in [0.2, 0.25) is 0 Å². The molecule has 3 rings (SSSR count). The highest BCUT2D eigenvalue weighted by Gasteiger charge is 2.13. The summed E-state index contributed by atoms with van der Waals surface area (Å²) in [5.41, 5.74) is 3.45. The van der Waals surface area contributed by atoms with Gasteiger partial charge in [-0.15, -0.1) is 0 Å². The number of carbonyl (C=O) groups excluding carboxylic acids is 1. The molecule has 2 aromatic rings. The predicted octanol–water partition coefficient (Wildman–Crippen LogP) is 2.77. The van der Waals surface area contributed by atoms with Gasteiger partial charge >= 0.3 is 0 Å². The first kappa shape index (κ1) is 16.2. The normalized spacial score (nSPS) is 12.1. The second-order valence-corrected chi connectivity index (χ2v) is 5.82. The lowest BCUT2D eigenvalue weighted by atomic mass is 10.1. The van der Waals surface area contributed by atoms with Crippen molar-refractivity contribution in [1.29, 1.82) is 0 Å². The van der Waals surface area contributed by atoms with Crippen LogP contribution in [-0.4, -0.2) is 25.9 Å². The minimum atomic E-state index is -0.131. The minimum Gasteiger partial charge on any atom is -0.484 e. The lowest BCUT2D eigenvalue weighted by Crippen LogP contribution is -2.30.